The molecular weight excluding hydrogens is 396 g/mol. The number of fused-ring (bicyclic) bond motifs is 1. The molecule has 1 aliphatic heterocycles. The first-order valence-electron chi connectivity index (χ1n) is 9.94. The molecule has 0 saturated carbocycles. The Morgan fingerprint density at radius 2 is 1.93 bits per heavy atom. The lowest BCUT2D eigenvalue weighted by Crippen LogP contribution is -2.38. The van der Waals surface area contributed by atoms with E-state index in [1.165, 1.54) is 0 Å². The fraction of sp³-hybridized carbons (Fsp3) is 0.250. The van der Waals surface area contributed by atoms with E-state index >= 15 is 0 Å². The van der Waals surface area contributed by atoms with Crippen molar-refractivity contribution in [3.8, 4) is 5.75 Å². The van der Waals surface area contributed by atoms with Crippen molar-refractivity contribution >= 4 is 28.8 Å². The van der Waals surface area contributed by atoms with Gasteiger partial charge in [-0.2, -0.15) is 0 Å². The minimum absolute atomic E-state index is 0.0145. The molecule has 0 bridgehead atoms. The Labute approximate surface area is 180 Å². The van der Waals surface area contributed by atoms with Gasteiger partial charge >= 0.3 is 0 Å². The van der Waals surface area contributed by atoms with Crippen LogP contribution in [0.1, 0.15) is 46.3 Å². The second-order valence-corrected chi connectivity index (χ2v) is 8.66. The molecule has 1 N–H and O–H groups in total. The Morgan fingerprint density at radius 3 is 2.60 bits per heavy atom. The highest BCUT2D eigenvalue weighted by atomic mass is 32.1. The number of thiophene rings is 1. The number of carbonyl (C=O) groups excluding carboxylic acids is 2. The van der Waals surface area contributed by atoms with Crippen molar-refractivity contribution in [2.24, 2.45) is 0 Å². The van der Waals surface area contributed by atoms with Crippen LogP contribution in [-0.2, 0) is 4.79 Å². The third-order valence-corrected chi connectivity index (χ3v) is 5.87. The molecule has 1 unspecified atom stereocenters. The predicted molar refractivity (Wildman–Crippen MR) is 119 cm³/mol. The van der Waals surface area contributed by atoms with E-state index in [4.69, 9.17) is 4.74 Å². The Morgan fingerprint density at radius 1 is 1.17 bits per heavy atom. The maximum Gasteiger partial charge on any atom is 0.255 e. The molecule has 0 aliphatic carbocycles. The number of anilines is 1. The second kappa shape index (κ2) is 8.32. The molecule has 1 aliphatic rings. The van der Waals surface area contributed by atoms with Gasteiger partial charge in [0, 0.05) is 21.7 Å². The number of carbonyl (C=O) groups is 2. The van der Waals surface area contributed by atoms with E-state index in [0.29, 0.717) is 11.3 Å². The minimum atomic E-state index is -0.335. The third kappa shape index (κ3) is 4.09. The van der Waals surface area contributed by atoms with E-state index in [-0.39, 0.29) is 30.5 Å². The Kier molecular flexibility index (Phi) is 5.59. The molecule has 30 heavy (non-hydrogen) atoms. The van der Waals surface area contributed by atoms with Gasteiger partial charge in [-0.25, -0.2) is 0 Å². The lowest BCUT2D eigenvalue weighted by molar-refractivity contribution is -0.117. The molecule has 4 rings (SSSR count). The molecule has 2 aromatic carbocycles. The fourth-order valence-electron chi connectivity index (χ4n) is 3.68. The number of nitrogens with zero attached hydrogens (tertiary/aromatic N) is 1. The zero-order chi connectivity index (χ0) is 21.3. The number of ether oxygens (including phenoxy) is 1. The zero-order valence-corrected chi connectivity index (χ0v) is 18.0. The highest BCUT2D eigenvalue weighted by Gasteiger charge is 2.34. The largest absolute Gasteiger partial charge is 0.491 e. The lowest BCUT2D eigenvalue weighted by Gasteiger charge is -2.29. The highest BCUT2D eigenvalue weighted by molar-refractivity contribution is 7.10. The molecule has 6 heteroatoms. The van der Waals surface area contributed by atoms with E-state index in [0.717, 1.165) is 21.7 Å². The van der Waals surface area contributed by atoms with E-state index in [1.807, 2.05) is 56.5 Å². The molecule has 3 aromatic rings. The smallest absolute Gasteiger partial charge is 0.255 e. The predicted octanol–water partition coefficient (Wildman–Crippen LogP) is 5.03. The van der Waals surface area contributed by atoms with Gasteiger partial charge in [0.2, 0.25) is 5.91 Å². The molecule has 0 fully saturated rings. The molecule has 0 saturated heterocycles. The van der Waals surface area contributed by atoms with Crippen molar-refractivity contribution in [2.45, 2.75) is 32.9 Å². The lowest BCUT2D eigenvalue weighted by atomic mass is 9.99. The Hall–Kier alpha value is -3.12. The van der Waals surface area contributed by atoms with E-state index in [1.54, 1.807) is 40.5 Å². The van der Waals surface area contributed by atoms with Crippen LogP contribution < -0.4 is 10.1 Å². The van der Waals surface area contributed by atoms with Gasteiger partial charge in [0.25, 0.3) is 5.91 Å². The van der Waals surface area contributed by atoms with Gasteiger partial charge in [0.05, 0.1) is 12.1 Å². The molecule has 0 spiro atoms. The molecule has 1 aromatic heterocycles. The highest BCUT2D eigenvalue weighted by Crippen LogP contribution is 2.39. The summed E-state index contributed by atoms with van der Waals surface area (Å²) < 4.78 is 5.68. The van der Waals surface area contributed by atoms with Gasteiger partial charge in [0.15, 0.2) is 0 Å². The maximum atomic E-state index is 13.5. The van der Waals surface area contributed by atoms with Crippen LogP contribution in [0.4, 0.5) is 5.69 Å². The van der Waals surface area contributed by atoms with E-state index in [2.05, 4.69) is 5.32 Å². The SMILES string of the molecule is Cc1ccc2c(c1)C(c1cccs1)N(C(=O)c1ccc(OC(C)C)cc1)CC(=O)N2. The van der Waals surface area contributed by atoms with Crippen molar-refractivity contribution in [3.05, 3.63) is 81.5 Å². The number of benzene rings is 2. The Balaban J connectivity index is 1.76. The number of hydrogen-bond acceptors (Lipinski definition) is 4. The summed E-state index contributed by atoms with van der Waals surface area (Å²) in [6.07, 6.45) is 0.0591. The van der Waals surface area contributed by atoms with Gasteiger partial charge in [-0.15, -0.1) is 11.3 Å². The molecule has 0 radical (unpaired) electrons. The van der Waals surface area contributed by atoms with Gasteiger partial charge in [-0.1, -0.05) is 23.8 Å². The van der Waals surface area contributed by atoms with Crippen LogP contribution in [0.15, 0.2) is 60.0 Å². The summed E-state index contributed by atoms with van der Waals surface area (Å²) in [4.78, 5) is 28.9. The summed E-state index contributed by atoms with van der Waals surface area (Å²) in [5.41, 5.74) is 3.28. The first-order valence-corrected chi connectivity index (χ1v) is 10.8. The molecule has 5 nitrogen and oxygen atoms in total. The number of nitrogens with one attached hydrogen (secondary N) is 1. The summed E-state index contributed by atoms with van der Waals surface area (Å²) >= 11 is 1.58. The van der Waals surface area contributed by atoms with Crippen LogP contribution in [0.5, 0.6) is 5.75 Å². The number of hydrogen-bond donors (Lipinski definition) is 1. The summed E-state index contributed by atoms with van der Waals surface area (Å²) in [5, 5.41) is 4.95. The number of aryl methyl sites for hydroxylation is 1. The van der Waals surface area contributed by atoms with Crippen LogP contribution in [0.25, 0.3) is 0 Å². The van der Waals surface area contributed by atoms with Crippen molar-refractivity contribution in [1.29, 1.82) is 0 Å². The van der Waals surface area contributed by atoms with Crippen LogP contribution in [0, 0.1) is 6.92 Å². The van der Waals surface area contributed by atoms with E-state index in [9.17, 15) is 9.59 Å². The number of amides is 2. The van der Waals surface area contributed by atoms with Crippen molar-refractivity contribution < 1.29 is 14.3 Å². The zero-order valence-electron chi connectivity index (χ0n) is 17.2. The maximum absolute atomic E-state index is 13.5. The van der Waals surface area contributed by atoms with Crippen LogP contribution in [0.3, 0.4) is 0 Å². The summed E-state index contributed by atoms with van der Waals surface area (Å²) in [5.74, 6) is 0.326. The van der Waals surface area contributed by atoms with Crippen LogP contribution in [-0.4, -0.2) is 29.4 Å². The third-order valence-electron chi connectivity index (χ3n) is 4.95. The summed E-state index contributed by atoms with van der Waals surface area (Å²) in [7, 11) is 0. The quantitative estimate of drug-likeness (QED) is 0.644. The molecular formula is C24H24N2O3S. The standard InChI is InChI=1S/C24H24N2O3S/c1-15(2)29-18-9-7-17(8-10-18)24(28)26-14-22(27)25-20-11-6-16(3)13-19(20)23(26)21-5-4-12-30-21/h4-13,15,23H,14H2,1-3H3,(H,25,27). The van der Waals surface area contributed by atoms with E-state index < -0.39 is 0 Å². The molecule has 154 valence electrons. The minimum Gasteiger partial charge on any atom is -0.491 e. The average Bonchev–Trinajstić information content (AvgIpc) is 3.18. The first-order chi connectivity index (χ1) is 14.4. The monoisotopic (exact) mass is 420 g/mol. The second-order valence-electron chi connectivity index (χ2n) is 7.68. The van der Waals surface area contributed by atoms with Gasteiger partial charge in [-0.3, -0.25) is 9.59 Å². The average molecular weight is 421 g/mol. The number of rotatable bonds is 4. The Bertz CT molecular complexity index is 1060. The van der Waals surface area contributed by atoms with Gasteiger partial charge in [0.1, 0.15) is 12.3 Å². The normalized spacial score (nSPS) is 16.1. The summed E-state index contributed by atoms with van der Waals surface area (Å²) in [6, 6.07) is 16.7. The van der Waals surface area contributed by atoms with Gasteiger partial charge < -0.3 is 15.0 Å². The van der Waals surface area contributed by atoms with Gasteiger partial charge in [-0.05, 0) is 62.5 Å². The topological polar surface area (TPSA) is 58.6 Å². The van der Waals surface area contributed by atoms with Crippen LogP contribution in [0.2, 0.25) is 0 Å². The van der Waals surface area contributed by atoms with Crippen molar-refractivity contribution in [2.75, 3.05) is 11.9 Å². The van der Waals surface area contributed by atoms with Crippen molar-refractivity contribution in [1.82, 2.24) is 4.90 Å². The van der Waals surface area contributed by atoms with Crippen molar-refractivity contribution in [3.63, 3.8) is 0 Å². The fourth-order valence-corrected chi connectivity index (χ4v) is 4.54. The van der Waals surface area contributed by atoms with Crippen LogP contribution >= 0.6 is 11.3 Å². The molecule has 2 heterocycles. The summed E-state index contributed by atoms with van der Waals surface area (Å²) in [6.45, 7) is 5.91. The molecule has 1 atom stereocenters. The first kappa shape index (κ1) is 20.2. The molecule has 2 amide bonds.